The van der Waals surface area contributed by atoms with Crippen molar-refractivity contribution >= 4 is 24.7 Å². The van der Waals surface area contributed by atoms with Gasteiger partial charge in [0.25, 0.3) is 0 Å². The van der Waals surface area contributed by atoms with Crippen LogP contribution in [0.2, 0.25) is 0 Å². The summed E-state index contributed by atoms with van der Waals surface area (Å²) in [4.78, 5) is 0. The lowest BCUT2D eigenvalue weighted by molar-refractivity contribution is 1.05. The smallest absolute Gasteiger partial charge is 0.0287 e. The number of hydrogen-bond acceptors (Lipinski definition) is 0. The van der Waals surface area contributed by atoms with Crippen molar-refractivity contribution in [1.29, 1.82) is 0 Å². The summed E-state index contributed by atoms with van der Waals surface area (Å²) in [6.45, 7) is 0. The highest BCUT2D eigenvalue weighted by Crippen LogP contribution is 1.99. The molecule has 14 heavy (non-hydrogen) atoms. The first-order valence-corrected chi connectivity index (χ1v) is 7.24. The molecule has 0 fully saturated rings. The van der Waals surface area contributed by atoms with Gasteiger partial charge in [-0.3, -0.25) is 0 Å². The molecule has 0 nitrogen and oxygen atoms in total. The Hall–Kier alpha value is -0.700. The summed E-state index contributed by atoms with van der Waals surface area (Å²) in [6, 6.07) is 0. The van der Waals surface area contributed by atoms with E-state index in [1.54, 1.807) is 0 Å². The van der Waals surface area contributed by atoms with Crippen LogP contribution in [0, 0.1) is 0 Å². The molecule has 0 atom stereocenters. The topological polar surface area (TPSA) is 0 Å². The van der Waals surface area contributed by atoms with Crippen LogP contribution in [0.1, 0.15) is 12.8 Å². The van der Waals surface area contributed by atoms with Crippen LogP contribution >= 0.6 is 20.7 Å². The Labute approximate surface area is 96.2 Å². The van der Waals surface area contributed by atoms with Gasteiger partial charge in [0.05, 0.1) is 0 Å². The average Bonchev–Trinajstić information content (AvgIpc) is 2.22. The SMILES string of the molecule is C1=C\C=I\C=C\C=C/CC/C=C/C=C/1. The van der Waals surface area contributed by atoms with Gasteiger partial charge in [-0.25, -0.2) is 0 Å². The van der Waals surface area contributed by atoms with Gasteiger partial charge in [-0.1, -0.05) is 75.4 Å². The van der Waals surface area contributed by atoms with Gasteiger partial charge in [0.2, 0.25) is 0 Å². The van der Waals surface area contributed by atoms with E-state index in [2.05, 4.69) is 62.8 Å². The first kappa shape index (κ1) is 11.4. The van der Waals surface area contributed by atoms with E-state index in [4.69, 9.17) is 0 Å². The van der Waals surface area contributed by atoms with Crippen LogP contribution in [0.5, 0.6) is 0 Å². The third-order valence-corrected chi connectivity index (χ3v) is 3.28. The Bertz CT molecular complexity index is 269. The van der Waals surface area contributed by atoms with Crippen LogP contribution in [-0.4, -0.2) is 4.01 Å². The summed E-state index contributed by atoms with van der Waals surface area (Å²) in [7, 11) is 0. The summed E-state index contributed by atoms with van der Waals surface area (Å²) in [5.41, 5.74) is 0. The highest BCUT2D eigenvalue weighted by Gasteiger charge is 1.74. The average molecular weight is 298 g/mol. The summed E-state index contributed by atoms with van der Waals surface area (Å²) in [5.74, 6) is 0. The van der Waals surface area contributed by atoms with E-state index in [1.807, 2.05) is 0 Å². The molecule has 0 radical (unpaired) electrons. The normalized spacial score (nSPS) is 32.0. The lowest BCUT2D eigenvalue weighted by Gasteiger charge is -1.84. The maximum absolute atomic E-state index is 2.27. The maximum Gasteiger partial charge on any atom is -0.0287 e. The molecule has 1 aliphatic heterocycles. The van der Waals surface area contributed by atoms with Gasteiger partial charge < -0.3 is 0 Å². The van der Waals surface area contributed by atoms with Crippen LogP contribution in [-0.2, 0) is 0 Å². The van der Waals surface area contributed by atoms with E-state index in [0.29, 0.717) is 0 Å². The molecule has 0 aromatic carbocycles. The van der Waals surface area contributed by atoms with Gasteiger partial charge in [-0.2, -0.15) is 0 Å². The summed E-state index contributed by atoms with van der Waals surface area (Å²) in [5, 5.41) is 0. The van der Waals surface area contributed by atoms with E-state index in [1.165, 1.54) is 0 Å². The molecular weight excluding hydrogens is 283 g/mol. The fourth-order valence-electron chi connectivity index (χ4n) is 0.944. The van der Waals surface area contributed by atoms with Gasteiger partial charge in [0.15, 0.2) is 0 Å². The van der Waals surface area contributed by atoms with Gasteiger partial charge in [0.1, 0.15) is 0 Å². The van der Waals surface area contributed by atoms with E-state index >= 15 is 0 Å². The zero-order chi connectivity index (χ0) is 9.90. The van der Waals surface area contributed by atoms with Crippen molar-refractivity contribution in [3.63, 3.8) is 0 Å². The van der Waals surface area contributed by atoms with E-state index in [9.17, 15) is 0 Å². The molecule has 0 saturated carbocycles. The Morgan fingerprint density at radius 2 is 1.29 bits per heavy atom. The summed E-state index contributed by atoms with van der Waals surface area (Å²) >= 11 is 0.107. The second-order valence-corrected chi connectivity index (χ2v) is 4.93. The Kier molecular flexibility index (Phi) is 7.21. The minimum Gasteiger partial charge on any atom is -0.0937 e. The van der Waals surface area contributed by atoms with Crippen LogP contribution in [0.15, 0.2) is 58.8 Å². The third kappa shape index (κ3) is 6.78. The zero-order valence-electron chi connectivity index (χ0n) is 8.14. The molecule has 0 saturated heterocycles. The molecule has 0 bridgehead atoms. The monoisotopic (exact) mass is 298 g/mol. The number of rotatable bonds is 0. The second-order valence-electron chi connectivity index (χ2n) is 2.77. The molecule has 0 aromatic heterocycles. The zero-order valence-corrected chi connectivity index (χ0v) is 10.3. The molecule has 0 amide bonds. The van der Waals surface area contributed by atoms with Crippen LogP contribution < -0.4 is 0 Å². The van der Waals surface area contributed by atoms with Gasteiger partial charge in [-0.05, 0) is 20.9 Å². The lowest BCUT2D eigenvalue weighted by Crippen LogP contribution is -1.63. The maximum atomic E-state index is 2.27. The van der Waals surface area contributed by atoms with E-state index < -0.39 is 0 Å². The first-order valence-electron chi connectivity index (χ1n) is 4.75. The largest absolute Gasteiger partial charge is 0.0937 e. The van der Waals surface area contributed by atoms with Crippen molar-refractivity contribution in [2.75, 3.05) is 0 Å². The standard InChI is InChI=1S/C13H15I/c1-2-4-6-8-10-12-14-13-11-9-7-5-3-1/h1-2,4,6-13H,3,5H2/b2-1+,6-4+,9-7-,10-8-,13-11+. The second kappa shape index (κ2) is 8.88. The van der Waals surface area contributed by atoms with E-state index in [-0.39, 0.29) is 20.7 Å². The first-order chi connectivity index (χ1) is 7.00. The molecule has 1 aliphatic rings. The fraction of sp³-hybridized carbons (Fsp3) is 0.154. The predicted octanol–water partition coefficient (Wildman–Crippen LogP) is 4.29. The number of allylic oxidation sites excluding steroid dienone is 9. The predicted molar refractivity (Wildman–Crippen MR) is 75.0 cm³/mol. The van der Waals surface area contributed by atoms with Crippen molar-refractivity contribution in [1.82, 2.24) is 0 Å². The molecule has 0 unspecified atom stereocenters. The molecule has 0 aliphatic carbocycles. The molecule has 74 valence electrons. The molecular formula is C13H15I. The Morgan fingerprint density at radius 1 is 0.643 bits per heavy atom. The molecule has 0 N–H and O–H groups in total. The summed E-state index contributed by atoms with van der Waals surface area (Å²) in [6.07, 6.45) is 21.4. The molecule has 1 heterocycles. The number of halogens is 1. The minimum absolute atomic E-state index is 0.107. The van der Waals surface area contributed by atoms with Crippen molar-refractivity contribution in [2.24, 2.45) is 0 Å². The molecule has 1 rings (SSSR count). The lowest BCUT2D eigenvalue weighted by atomic mass is 10.2. The van der Waals surface area contributed by atoms with Gasteiger partial charge in [0, 0.05) is 0 Å². The van der Waals surface area contributed by atoms with Crippen molar-refractivity contribution in [2.45, 2.75) is 12.8 Å². The van der Waals surface area contributed by atoms with Crippen LogP contribution in [0.25, 0.3) is 0 Å². The van der Waals surface area contributed by atoms with Crippen molar-refractivity contribution < 1.29 is 0 Å². The number of hydrogen-bond donors (Lipinski definition) is 0. The van der Waals surface area contributed by atoms with Crippen LogP contribution in [0.3, 0.4) is 0 Å². The van der Waals surface area contributed by atoms with Crippen molar-refractivity contribution in [3.05, 3.63) is 58.8 Å². The minimum atomic E-state index is 0.107. The molecule has 0 aromatic rings. The highest BCUT2D eigenvalue weighted by atomic mass is 127. The van der Waals surface area contributed by atoms with Crippen molar-refractivity contribution in [3.8, 4) is 0 Å². The van der Waals surface area contributed by atoms with Gasteiger partial charge >= 0.3 is 0 Å². The van der Waals surface area contributed by atoms with Crippen LogP contribution in [0.4, 0.5) is 0 Å². The van der Waals surface area contributed by atoms with E-state index in [0.717, 1.165) is 12.8 Å². The third-order valence-electron chi connectivity index (χ3n) is 1.62. The fourth-order valence-corrected chi connectivity index (χ4v) is 2.14. The molecule has 0 spiro atoms. The Morgan fingerprint density at radius 3 is 2.14 bits per heavy atom. The summed E-state index contributed by atoms with van der Waals surface area (Å²) < 4.78 is 4.52. The Balaban J connectivity index is 2.56. The quantitative estimate of drug-likeness (QED) is 0.585. The highest BCUT2D eigenvalue weighted by molar-refractivity contribution is 14.2. The molecule has 1 heteroatoms. The van der Waals surface area contributed by atoms with Gasteiger partial charge in [-0.15, -0.1) is 0 Å².